The third-order valence-corrected chi connectivity index (χ3v) is 2.49. The van der Waals surface area contributed by atoms with E-state index < -0.39 is 0 Å². The zero-order valence-corrected chi connectivity index (χ0v) is 11.0. The Hall–Kier alpha value is -1.14. The highest BCUT2D eigenvalue weighted by Crippen LogP contribution is 2.19. The maximum atomic E-state index is 5.54. The summed E-state index contributed by atoms with van der Waals surface area (Å²) in [5.74, 6) is 6.38. The van der Waals surface area contributed by atoms with Crippen LogP contribution in [0.5, 0.6) is 5.75 Å². The Kier molecular flexibility index (Phi) is 7.36. The molecule has 0 aromatic heterocycles. The van der Waals surface area contributed by atoms with Crippen molar-refractivity contribution in [2.45, 2.75) is 13.0 Å². The summed E-state index contributed by atoms with van der Waals surface area (Å²) in [5, 5.41) is 0. The number of hydrogen-bond donors (Lipinski definition) is 2. The van der Waals surface area contributed by atoms with Gasteiger partial charge in [-0.15, -0.1) is 0 Å². The lowest BCUT2D eigenvalue weighted by molar-refractivity contribution is 0.0585. The summed E-state index contributed by atoms with van der Waals surface area (Å²) in [7, 11) is 1.65. The van der Waals surface area contributed by atoms with E-state index in [0.717, 1.165) is 11.3 Å². The van der Waals surface area contributed by atoms with Crippen molar-refractivity contribution in [1.29, 1.82) is 0 Å². The maximum Gasteiger partial charge on any atom is 0.119 e. The van der Waals surface area contributed by atoms with Gasteiger partial charge in [-0.05, 0) is 24.6 Å². The third-order valence-electron chi connectivity index (χ3n) is 2.49. The van der Waals surface area contributed by atoms with E-state index in [9.17, 15) is 0 Å². The van der Waals surface area contributed by atoms with Gasteiger partial charge in [-0.1, -0.05) is 12.1 Å². The summed E-state index contributed by atoms with van der Waals surface area (Å²) >= 11 is 0. The Morgan fingerprint density at radius 2 is 2.17 bits per heavy atom. The van der Waals surface area contributed by atoms with E-state index in [-0.39, 0.29) is 6.04 Å². The number of hydrogen-bond acceptors (Lipinski definition) is 5. The number of methoxy groups -OCH3 is 1. The largest absolute Gasteiger partial charge is 0.494 e. The summed E-state index contributed by atoms with van der Waals surface area (Å²) in [5.41, 5.74) is 3.79. The number of rotatable bonds is 9. The van der Waals surface area contributed by atoms with Gasteiger partial charge in [0, 0.05) is 7.11 Å². The van der Waals surface area contributed by atoms with E-state index in [1.54, 1.807) is 7.11 Å². The summed E-state index contributed by atoms with van der Waals surface area (Å²) < 4.78 is 15.8. The molecule has 0 aliphatic heterocycles. The topological polar surface area (TPSA) is 65.7 Å². The average Bonchev–Trinajstić information content (AvgIpc) is 2.40. The molecule has 0 aliphatic rings. The SMILES string of the molecule is CCOc1cccc(C(COCCOC)NN)c1. The number of nitrogens with two attached hydrogens (primary N) is 1. The Morgan fingerprint density at radius 3 is 2.83 bits per heavy atom. The van der Waals surface area contributed by atoms with Crippen molar-refractivity contribution in [2.75, 3.05) is 33.5 Å². The Labute approximate surface area is 108 Å². The normalized spacial score (nSPS) is 12.4. The van der Waals surface area contributed by atoms with E-state index in [4.69, 9.17) is 20.1 Å². The fraction of sp³-hybridized carbons (Fsp3) is 0.538. The molecule has 0 aliphatic carbocycles. The first-order valence-corrected chi connectivity index (χ1v) is 6.07. The van der Waals surface area contributed by atoms with Crippen LogP contribution in [0.25, 0.3) is 0 Å². The molecule has 3 N–H and O–H groups in total. The fourth-order valence-corrected chi connectivity index (χ4v) is 1.57. The van der Waals surface area contributed by atoms with Gasteiger partial charge >= 0.3 is 0 Å². The molecule has 5 heteroatoms. The van der Waals surface area contributed by atoms with E-state index in [1.165, 1.54) is 0 Å². The third kappa shape index (κ3) is 5.01. The lowest BCUT2D eigenvalue weighted by Crippen LogP contribution is -2.31. The highest BCUT2D eigenvalue weighted by Gasteiger charge is 2.10. The van der Waals surface area contributed by atoms with Crippen molar-refractivity contribution >= 4 is 0 Å². The van der Waals surface area contributed by atoms with Crippen molar-refractivity contribution in [3.05, 3.63) is 29.8 Å². The van der Waals surface area contributed by atoms with Gasteiger partial charge in [0.2, 0.25) is 0 Å². The number of benzene rings is 1. The van der Waals surface area contributed by atoms with Crippen LogP contribution in [-0.4, -0.2) is 33.5 Å². The second-order valence-corrected chi connectivity index (χ2v) is 3.79. The van der Waals surface area contributed by atoms with Gasteiger partial charge in [0.05, 0.1) is 32.5 Å². The van der Waals surface area contributed by atoms with E-state index in [2.05, 4.69) is 5.43 Å². The van der Waals surface area contributed by atoms with Crippen LogP contribution in [-0.2, 0) is 9.47 Å². The summed E-state index contributed by atoms with van der Waals surface area (Å²) in [6.07, 6.45) is 0. The second kappa shape index (κ2) is 8.88. The predicted octanol–water partition coefficient (Wildman–Crippen LogP) is 1.25. The van der Waals surface area contributed by atoms with Crippen molar-refractivity contribution in [3.8, 4) is 5.75 Å². The van der Waals surface area contributed by atoms with Crippen molar-refractivity contribution in [1.82, 2.24) is 5.43 Å². The van der Waals surface area contributed by atoms with Crippen LogP contribution in [0.2, 0.25) is 0 Å². The highest BCUT2D eigenvalue weighted by molar-refractivity contribution is 5.30. The van der Waals surface area contributed by atoms with Gasteiger partial charge in [-0.3, -0.25) is 11.3 Å². The lowest BCUT2D eigenvalue weighted by Gasteiger charge is -2.17. The van der Waals surface area contributed by atoms with Crippen LogP contribution in [0.3, 0.4) is 0 Å². The van der Waals surface area contributed by atoms with E-state index in [0.29, 0.717) is 26.4 Å². The molecule has 18 heavy (non-hydrogen) atoms. The minimum atomic E-state index is -0.0535. The van der Waals surface area contributed by atoms with Crippen LogP contribution < -0.4 is 16.0 Å². The zero-order valence-electron chi connectivity index (χ0n) is 11.0. The van der Waals surface area contributed by atoms with Gasteiger partial charge in [-0.2, -0.15) is 0 Å². The molecule has 0 fully saturated rings. The molecule has 0 saturated heterocycles. The fourth-order valence-electron chi connectivity index (χ4n) is 1.57. The number of hydrazine groups is 1. The van der Waals surface area contributed by atoms with Crippen LogP contribution in [0.4, 0.5) is 0 Å². The predicted molar refractivity (Wildman–Crippen MR) is 70.4 cm³/mol. The average molecular weight is 254 g/mol. The monoisotopic (exact) mass is 254 g/mol. The number of nitrogens with one attached hydrogen (secondary N) is 1. The first-order chi connectivity index (χ1) is 8.81. The Morgan fingerprint density at radius 1 is 1.33 bits per heavy atom. The summed E-state index contributed by atoms with van der Waals surface area (Å²) in [6.45, 7) is 4.24. The molecule has 1 rings (SSSR count). The molecule has 0 radical (unpaired) electrons. The Balaban J connectivity index is 2.54. The lowest BCUT2D eigenvalue weighted by atomic mass is 10.1. The molecule has 1 atom stereocenters. The molecule has 0 bridgehead atoms. The first kappa shape index (κ1) is 14.9. The van der Waals surface area contributed by atoms with Crippen LogP contribution in [0.1, 0.15) is 18.5 Å². The second-order valence-electron chi connectivity index (χ2n) is 3.79. The highest BCUT2D eigenvalue weighted by atomic mass is 16.5. The van der Waals surface area contributed by atoms with Gasteiger partial charge in [0.1, 0.15) is 5.75 Å². The van der Waals surface area contributed by atoms with Crippen molar-refractivity contribution < 1.29 is 14.2 Å². The van der Waals surface area contributed by atoms with Crippen molar-refractivity contribution in [3.63, 3.8) is 0 Å². The Bertz CT molecular complexity index is 334. The van der Waals surface area contributed by atoms with Crippen molar-refractivity contribution in [2.24, 2.45) is 5.84 Å². The molecule has 1 aromatic rings. The number of ether oxygens (including phenoxy) is 3. The molecule has 102 valence electrons. The zero-order chi connectivity index (χ0) is 13.2. The molecule has 0 spiro atoms. The smallest absolute Gasteiger partial charge is 0.119 e. The molecule has 1 unspecified atom stereocenters. The minimum absolute atomic E-state index is 0.0535. The van der Waals surface area contributed by atoms with Crippen LogP contribution in [0.15, 0.2) is 24.3 Å². The molecule has 0 saturated carbocycles. The molecule has 0 amide bonds. The molecule has 1 aromatic carbocycles. The minimum Gasteiger partial charge on any atom is -0.494 e. The van der Waals surface area contributed by atoms with Gasteiger partial charge < -0.3 is 14.2 Å². The van der Waals surface area contributed by atoms with Gasteiger partial charge in [0.15, 0.2) is 0 Å². The molecular weight excluding hydrogens is 232 g/mol. The molecule has 5 nitrogen and oxygen atoms in total. The van der Waals surface area contributed by atoms with E-state index >= 15 is 0 Å². The van der Waals surface area contributed by atoms with Gasteiger partial charge in [0.25, 0.3) is 0 Å². The quantitative estimate of drug-likeness (QED) is 0.394. The summed E-state index contributed by atoms with van der Waals surface area (Å²) in [4.78, 5) is 0. The van der Waals surface area contributed by atoms with Crippen LogP contribution >= 0.6 is 0 Å². The summed E-state index contributed by atoms with van der Waals surface area (Å²) in [6, 6.07) is 7.77. The first-order valence-electron chi connectivity index (χ1n) is 6.07. The molecule has 0 heterocycles. The standard InChI is InChI=1S/C13H22N2O3/c1-3-18-12-6-4-5-11(9-12)13(15-14)10-17-8-7-16-2/h4-6,9,13,15H,3,7-8,10,14H2,1-2H3. The van der Waals surface area contributed by atoms with Crippen LogP contribution in [0, 0.1) is 0 Å². The molecular formula is C13H22N2O3. The van der Waals surface area contributed by atoms with E-state index in [1.807, 2.05) is 31.2 Å². The van der Waals surface area contributed by atoms with Gasteiger partial charge in [-0.25, -0.2) is 0 Å². The maximum absolute atomic E-state index is 5.54.